The maximum atomic E-state index is 13.6. The molecule has 2 aromatic carbocycles. The Morgan fingerprint density at radius 1 is 1.19 bits per heavy atom. The monoisotopic (exact) mass is 400 g/mol. The number of esters is 1. The van der Waals surface area contributed by atoms with E-state index in [0.717, 1.165) is 25.3 Å². The zero-order valence-electron chi connectivity index (χ0n) is 14.2. The molecule has 11 heteroatoms. The van der Waals surface area contributed by atoms with Crippen molar-refractivity contribution in [3.8, 4) is 0 Å². The molecule has 0 fully saturated rings. The van der Waals surface area contributed by atoms with Crippen LogP contribution in [0.3, 0.4) is 0 Å². The van der Waals surface area contributed by atoms with E-state index < -0.39 is 49.7 Å². The predicted octanol–water partition coefficient (Wildman–Crippen LogP) is 2.55. The Kier molecular flexibility index (Phi) is 5.74. The minimum atomic E-state index is -4.54. The first-order valence-electron chi connectivity index (χ1n) is 7.37. The van der Waals surface area contributed by atoms with Crippen molar-refractivity contribution in [1.29, 1.82) is 0 Å². The standard InChI is InChI=1S/C16H14F2N2O6S/c1-10-3-4-12(20(22)23)8-15(10)27(24,25)19(9-16(21)26-2)11-5-6-13(17)14(18)7-11/h3-8H,9H2,1-2H3. The second-order valence-corrected chi connectivity index (χ2v) is 7.22. The molecule has 0 heterocycles. The number of rotatable bonds is 6. The number of methoxy groups -OCH3 is 1. The van der Waals surface area contributed by atoms with Crippen molar-refractivity contribution in [2.75, 3.05) is 18.0 Å². The average Bonchev–Trinajstić information content (AvgIpc) is 2.61. The van der Waals surface area contributed by atoms with E-state index in [9.17, 15) is 32.1 Å². The van der Waals surface area contributed by atoms with Crippen LogP contribution in [0.25, 0.3) is 0 Å². The van der Waals surface area contributed by atoms with Gasteiger partial charge in [0.25, 0.3) is 15.7 Å². The van der Waals surface area contributed by atoms with Gasteiger partial charge >= 0.3 is 5.97 Å². The van der Waals surface area contributed by atoms with Crippen molar-refractivity contribution in [3.05, 3.63) is 63.7 Å². The normalized spacial score (nSPS) is 11.1. The summed E-state index contributed by atoms with van der Waals surface area (Å²) in [5, 5.41) is 11.0. The number of ether oxygens (including phenoxy) is 1. The summed E-state index contributed by atoms with van der Waals surface area (Å²) >= 11 is 0. The van der Waals surface area contributed by atoms with E-state index in [4.69, 9.17) is 0 Å². The lowest BCUT2D eigenvalue weighted by atomic mass is 10.2. The first-order valence-corrected chi connectivity index (χ1v) is 8.81. The second kappa shape index (κ2) is 7.66. The van der Waals surface area contributed by atoms with Gasteiger partial charge in [0.15, 0.2) is 11.6 Å². The van der Waals surface area contributed by atoms with Crippen LogP contribution in [0, 0.1) is 28.7 Å². The topological polar surface area (TPSA) is 107 Å². The van der Waals surface area contributed by atoms with Gasteiger partial charge in [0, 0.05) is 18.2 Å². The van der Waals surface area contributed by atoms with Crippen LogP contribution in [-0.4, -0.2) is 33.0 Å². The Bertz CT molecular complexity index is 1010. The number of carbonyl (C=O) groups excluding carboxylic acids is 1. The van der Waals surface area contributed by atoms with Crippen LogP contribution in [0.15, 0.2) is 41.3 Å². The fraction of sp³-hybridized carbons (Fsp3) is 0.188. The van der Waals surface area contributed by atoms with Crippen molar-refractivity contribution in [2.24, 2.45) is 0 Å². The fourth-order valence-corrected chi connectivity index (χ4v) is 3.88. The molecule has 0 radical (unpaired) electrons. The molecule has 2 rings (SSSR count). The van der Waals surface area contributed by atoms with Gasteiger partial charge < -0.3 is 4.74 Å². The molecule has 0 N–H and O–H groups in total. The van der Waals surface area contributed by atoms with E-state index in [-0.39, 0.29) is 11.3 Å². The van der Waals surface area contributed by atoms with Gasteiger partial charge in [-0.05, 0) is 24.6 Å². The van der Waals surface area contributed by atoms with E-state index in [1.54, 1.807) is 0 Å². The van der Waals surface area contributed by atoms with Crippen molar-refractivity contribution >= 4 is 27.4 Å². The van der Waals surface area contributed by atoms with E-state index in [2.05, 4.69) is 4.74 Å². The van der Waals surface area contributed by atoms with E-state index in [0.29, 0.717) is 16.4 Å². The number of halogens is 2. The Balaban J connectivity index is 2.66. The van der Waals surface area contributed by atoms with E-state index in [1.165, 1.54) is 13.0 Å². The third kappa shape index (κ3) is 4.19. The third-order valence-electron chi connectivity index (χ3n) is 3.64. The van der Waals surface area contributed by atoms with Gasteiger partial charge in [0.1, 0.15) is 6.54 Å². The smallest absolute Gasteiger partial charge is 0.326 e. The molecular formula is C16H14F2N2O6S. The van der Waals surface area contributed by atoms with Gasteiger partial charge in [0.2, 0.25) is 0 Å². The number of aryl methyl sites for hydroxylation is 1. The Labute approximate surface area is 153 Å². The number of hydrogen-bond donors (Lipinski definition) is 0. The lowest BCUT2D eigenvalue weighted by molar-refractivity contribution is -0.385. The van der Waals surface area contributed by atoms with E-state index >= 15 is 0 Å². The van der Waals surface area contributed by atoms with Crippen molar-refractivity contribution < 1.29 is 31.7 Å². The Morgan fingerprint density at radius 3 is 2.41 bits per heavy atom. The number of non-ortho nitro benzene ring substituents is 1. The highest BCUT2D eigenvalue weighted by molar-refractivity contribution is 7.93. The van der Waals surface area contributed by atoms with Gasteiger partial charge in [-0.3, -0.25) is 19.2 Å². The average molecular weight is 400 g/mol. The summed E-state index contributed by atoms with van der Waals surface area (Å²) in [6.07, 6.45) is 0. The molecule has 0 aliphatic heterocycles. The zero-order valence-corrected chi connectivity index (χ0v) is 15.0. The summed E-state index contributed by atoms with van der Waals surface area (Å²) in [5.41, 5.74) is -0.661. The minimum Gasteiger partial charge on any atom is -0.468 e. The number of nitro groups is 1. The number of hydrogen-bond acceptors (Lipinski definition) is 6. The Hall–Kier alpha value is -3.08. The highest BCUT2D eigenvalue weighted by Gasteiger charge is 2.31. The van der Waals surface area contributed by atoms with Gasteiger partial charge in [-0.2, -0.15) is 0 Å². The van der Waals surface area contributed by atoms with Crippen LogP contribution in [0.4, 0.5) is 20.2 Å². The summed E-state index contributed by atoms with van der Waals surface area (Å²) < 4.78 is 57.9. The van der Waals surface area contributed by atoms with Crippen molar-refractivity contribution in [3.63, 3.8) is 0 Å². The minimum absolute atomic E-state index is 0.165. The molecule has 0 aromatic heterocycles. The molecule has 0 saturated heterocycles. The number of nitro benzene ring substituents is 1. The number of carbonyl (C=O) groups is 1. The van der Waals surface area contributed by atoms with Crippen LogP contribution >= 0.6 is 0 Å². The van der Waals surface area contributed by atoms with Crippen LogP contribution < -0.4 is 4.31 Å². The molecule has 27 heavy (non-hydrogen) atoms. The zero-order chi connectivity index (χ0) is 20.4. The second-order valence-electron chi connectivity index (χ2n) is 5.39. The van der Waals surface area contributed by atoms with Gasteiger partial charge in [-0.25, -0.2) is 17.2 Å². The number of sulfonamides is 1. The van der Waals surface area contributed by atoms with Crippen LogP contribution in [0.1, 0.15) is 5.56 Å². The lowest BCUT2D eigenvalue weighted by Crippen LogP contribution is -2.36. The number of nitrogens with zero attached hydrogens (tertiary/aromatic N) is 2. The summed E-state index contributed by atoms with van der Waals surface area (Å²) in [5.74, 6) is -3.50. The molecular weight excluding hydrogens is 386 g/mol. The van der Waals surface area contributed by atoms with Gasteiger partial charge in [-0.1, -0.05) is 6.07 Å². The maximum Gasteiger partial charge on any atom is 0.326 e. The van der Waals surface area contributed by atoms with Crippen LogP contribution in [-0.2, 0) is 19.6 Å². The predicted molar refractivity (Wildman–Crippen MR) is 90.7 cm³/mol. The molecule has 0 saturated carbocycles. The highest BCUT2D eigenvalue weighted by Crippen LogP contribution is 2.29. The van der Waals surface area contributed by atoms with E-state index in [1.807, 2.05) is 0 Å². The molecule has 8 nitrogen and oxygen atoms in total. The molecule has 0 aliphatic rings. The maximum absolute atomic E-state index is 13.6. The number of anilines is 1. The van der Waals surface area contributed by atoms with Gasteiger partial charge in [0.05, 0.1) is 22.6 Å². The summed E-state index contributed by atoms with van der Waals surface area (Å²) in [4.78, 5) is 21.4. The number of benzene rings is 2. The molecule has 0 bridgehead atoms. The molecule has 0 atom stereocenters. The van der Waals surface area contributed by atoms with Crippen LogP contribution in [0.2, 0.25) is 0 Å². The summed E-state index contributed by atoms with van der Waals surface area (Å²) in [7, 11) is -3.51. The largest absolute Gasteiger partial charge is 0.468 e. The molecule has 0 aliphatic carbocycles. The highest BCUT2D eigenvalue weighted by atomic mass is 32.2. The Morgan fingerprint density at radius 2 is 1.85 bits per heavy atom. The summed E-state index contributed by atoms with van der Waals surface area (Å²) in [6, 6.07) is 5.44. The van der Waals surface area contributed by atoms with Crippen molar-refractivity contribution in [2.45, 2.75) is 11.8 Å². The first kappa shape index (κ1) is 20.2. The quantitative estimate of drug-likeness (QED) is 0.419. The third-order valence-corrected chi connectivity index (χ3v) is 5.56. The van der Waals surface area contributed by atoms with Crippen LogP contribution in [0.5, 0.6) is 0 Å². The summed E-state index contributed by atoms with van der Waals surface area (Å²) in [6.45, 7) is 0.560. The fourth-order valence-electron chi connectivity index (χ4n) is 2.24. The van der Waals surface area contributed by atoms with Gasteiger partial charge in [-0.15, -0.1) is 0 Å². The van der Waals surface area contributed by atoms with Crippen molar-refractivity contribution in [1.82, 2.24) is 0 Å². The first-order chi connectivity index (χ1) is 12.6. The molecule has 144 valence electrons. The molecule has 0 unspecified atom stereocenters. The molecule has 0 spiro atoms. The SMILES string of the molecule is COC(=O)CN(c1ccc(F)c(F)c1)S(=O)(=O)c1cc([N+](=O)[O-])ccc1C. The molecule has 2 aromatic rings. The lowest BCUT2D eigenvalue weighted by Gasteiger charge is -2.24. The molecule has 0 amide bonds.